The van der Waals surface area contributed by atoms with E-state index in [1.807, 2.05) is 6.92 Å². The van der Waals surface area contributed by atoms with Crippen LogP contribution in [-0.2, 0) is 9.47 Å². The van der Waals surface area contributed by atoms with Crippen LogP contribution in [0.15, 0.2) is 24.5 Å². The number of hydrogen-bond acceptors (Lipinski definition) is 7. The SMILES string of the molecule is [C-]#[N+]c1ccc(Oc2ncnc(OC3C4COCC3CN(C(=O)OC3CC3)C4)c2C)c(Cl)c1. The van der Waals surface area contributed by atoms with Crippen LogP contribution in [0.4, 0.5) is 10.5 Å². The minimum absolute atomic E-state index is 0.0126. The van der Waals surface area contributed by atoms with Crippen molar-refractivity contribution in [2.24, 2.45) is 11.8 Å². The predicted molar refractivity (Wildman–Crippen MR) is 118 cm³/mol. The van der Waals surface area contributed by atoms with Crippen LogP contribution < -0.4 is 9.47 Å². The molecule has 9 nitrogen and oxygen atoms in total. The highest BCUT2D eigenvalue weighted by Gasteiger charge is 2.45. The van der Waals surface area contributed by atoms with E-state index in [1.54, 1.807) is 23.1 Å². The lowest BCUT2D eigenvalue weighted by Gasteiger charge is -2.45. The Morgan fingerprint density at radius 3 is 2.61 bits per heavy atom. The molecule has 3 heterocycles. The fourth-order valence-corrected chi connectivity index (χ4v) is 4.37. The van der Waals surface area contributed by atoms with E-state index < -0.39 is 0 Å². The van der Waals surface area contributed by atoms with Gasteiger partial charge in [-0.15, -0.1) is 0 Å². The van der Waals surface area contributed by atoms with Crippen LogP contribution in [0.5, 0.6) is 17.5 Å². The normalized spacial score (nSPS) is 24.0. The van der Waals surface area contributed by atoms with E-state index in [0.717, 1.165) is 12.8 Å². The summed E-state index contributed by atoms with van der Waals surface area (Å²) in [6, 6.07) is 4.81. The van der Waals surface area contributed by atoms with Crippen LogP contribution >= 0.6 is 11.6 Å². The van der Waals surface area contributed by atoms with E-state index in [4.69, 9.17) is 37.1 Å². The van der Waals surface area contributed by atoms with Crippen molar-refractivity contribution in [1.82, 2.24) is 14.9 Å². The Kier molecular flexibility index (Phi) is 5.96. The minimum atomic E-state index is -0.247. The summed E-state index contributed by atoms with van der Waals surface area (Å²) in [4.78, 5) is 26.1. The lowest BCUT2D eigenvalue weighted by atomic mass is 9.84. The Balaban J connectivity index is 1.30. The van der Waals surface area contributed by atoms with E-state index in [9.17, 15) is 4.79 Å². The van der Waals surface area contributed by atoms with E-state index in [1.165, 1.54) is 6.33 Å². The molecule has 2 aromatic rings. The molecule has 10 heteroatoms. The first-order chi connectivity index (χ1) is 16.0. The summed E-state index contributed by atoms with van der Waals surface area (Å²) in [5, 5.41) is 0.320. The van der Waals surface area contributed by atoms with Crippen LogP contribution in [0.25, 0.3) is 4.85 Å². The number of likely N-dealkylation sites (tertiary alicyclic amines) is 1. The van der Waals surface area contributed by atoms with Gasteiger partial charge in [0.1, 0.15) is 24.3 Å². The van der Waals surface area contributed by atoms with E-state index >= 15 is 0 Å². The van der Waals surface area contributed by atoms with Gasteiger partial charge in [0.05, 0.1) is 30.4 Å². The Morgan fingerprint density at radius 2 is 1.94 bits per heavy atom. The Bertz CT molecular complexity index is 1090. The molecule has 1 aromatic carbocycles. The summed E-state index contributed by atoms with van der Waals surface area (Å²) in [6.07, 6.45) is 2.97. The van der Waals surface area contributed by atoms with Crippen molar-refractivity contribution >= 4 is 23.4 Å². The highest BCUT2D eigenvalue weighted by atomic mass is 35.5. The average molecular weight is 471 g/mol. The molecule has 1 aromatic heterocycles. The molecule has 2 saturated heterocycles. The molecule has 2 atom stereocenters. The van der Waals surface area contributed by atoms with Crippen LogP contribution in [0.3, 0.4) is 0 Å². The van der Waals surface area contributed by atoms with Crippen molar-refractivity contribution in [2.75, 3.05) is 26.3 Å². The number of piperidine rings is 1. The molecule has 33 heavy (non-hydrogen) atoms. The summed E-state index contributed by atoms with van der Waals surface area (Å²) >= 11 is 6.25. The quantitative estimate of drug-likeness (QED) is 0.598. The molecule has 0 radical (unpaired) electrons. The Hall–Kier alpha value is -3.09. The fourth-order valence-electron chi connectivity index (χ4n) is 4.16. The first kappa shape index (κ1) is 21.7. The molecule has 1 amide bonds. The van der Waals surface area contributed by atoms with Crippen molar-refractivity contribution < 1.29 is 23.7 Å². The molecule has 3 fully saturated rings. The summed E-state index contributed by atoms with van der Waals surface area (Å²) in [5.74, 6) is 1.16. The monoisotopic (exact) mass is 470 g/mol. The number of benzene rings is 1. The number of rotatable bonds is 5. The number of nitrogens with zero attached hydrogens (tertiary/aromatic N) is 4. The van der Waals surface area contributed by atoms with Crippen molar-refractivity contribution in [2.45, 2.75) is 32.0 Å². The number of carbonyl (C=O) groups is 1. The number of halogens is 1. The zero-order chi connectivity index (χ0) is 22.9. The fraction of sp³-hybridized carbons (Fsp3) is 0.478. The van der Waals surface area contributed by atoms with Gasteiger partial charge in [-0.1, -0.05) is 17.7 Å². The molecule has 2 bridgehead atoms. The van der Waals surface area contributed by atoms with E-state index in [2.05, 4.69) is 14.8 Å². The van der Waals surface area contributed by atoms with Gasteiger partial charge in [0.25, 0.3) is 0 Å². The first-order valence-electron chi connectivity index (χ1n) is 10.9. The number of fused-ring (bicyclic) bond motifs is 2. The van der Waals surface area contributed by atoms with E-state index in [0.29, 0.717) is 60.1 Å². The lowest BCUT2D eigenvalue weighted by Crippen LogP contribution is -2.58. The predicted octanol–water partition coefficient (Wildman–Crippen LogP) is 4.41. The number of hydrogen-bond donors (Lipinski definition) is 0. The minimum Gasteiger partial charge on any atom is -0.473 e. The molecule has 2 aliphatic heterocycles. The summed E-state index contributed by atoms with van der Waals surface area (Å²) in [5.41, 5.74) is 1.06. The maximum absolute atomic E-state index is 12.4. The summed E-state index contributed by atoms with van der Waals surface area (Å²) in [6.45, 7) is 11.0. The summed E-state index contributed by atoms with van der Waals surface area (Å²) in [7, 11) is 0. The van der Waals surface area contributed by atoms with Crippen LogP contribution in [0.2, 0.25) is 5.02 Å². The van der Waals surface area contributed by atoms with Gasteiger partial charge >= 0.3 is 6.09 Å². The Labute approximate surface area is 196 Å². The van der Waals surface area contributed by atoms with Gasteiger partial charge in [-0.3, -0.25) is 0 Å². The third-order valence-electron chi connectivity index (χ3n) is 6.04. The van der Waals surface area contributed by atoms with Crippen molar-refractivity contribution in [3.05, 3.63) is 46.5 Å². The summed E-state index contributed by atoms with van der Waals surface area (Å²) < 4.78 is 23.5. The molecule has 2 unspecified atom stereocenters. The largest absolute Gasteiger partial charge is 0.473 e. The van der Waals surface area contributed by atoms with Crippen molar-refractivity contribution in [3.63, 3.8) is 0 Å². The molecule has 5 rings (SSSR count). The third kappa shape index (κ3) is 4.68. The maximum atomic E-state index is 12.4. The van der Waals surface area contributed by atoms with E-state index in [-0.39, 0.29) is 30.1 Å². The van der Waals surface area contributed by atoms with Gasteiger partial charge < -0.3 is 23.8 Å². The van der Waals surface area contributed by atoms with Crippen molar-refractivity contribution in [1.29, 1.82) is 0 Å². The zero-order valence-corrected chi connectivity index (χ0v) is 18.8. The Morgan fingerprint density at radius 1 is 1.21 bits per heavy atom. The van der Waals surface area contributed by atoms with Crippen molar-refractivity contribution in [3.8, 4) is 17.5 Å². The molecule has 3 aliphatic rings. The lowest BCUT2D eigenvalue weighted by molar-refractivity contribution is -0.110. The standard InChI is InChI=1S/C23H23ClN4O5/c1-13-21(32-19-6-3-16(25-2)7-18(19)24)26-12-27-22(13)33-20-14-8-28(9-15(20)11-30-10-14)23(29)31-17-4-5-17/h3,6-7,12,14-15,17,20H,4-5,8-11H2,1H3. The van der Waals surface area contributed by atoms with Gasteiger partial charge in [0.2, 0.25) is 11.8 Å². The van der Waals surface area contributed by atoms with Crippen LogP contribution in [-0.4, -0.2) is 59.5 Å². The number of amides is 1. The smallest absolute Gasteiger partial charge is 0.410 e. The second-order valence-corrected chi connectivity index (χ2v) is 8.97. The zero-order valence-electron chi connectivity index (χ0n) is 18.1. The number of aromatic nitrogens is 2. The number of carbonyl (C=O) groups excluding carboxylic acids is 1. The van der Waals surface area contributed by atoms with Gasteiger partial charge in [0.15, 0.2) is 5.69 Å². The van der Waals surface area contributed by atoms with Gasteiger partial charge in [-0.2, -0.15) is 0 Å². The highest BCUT2D eigenvalue weighted by Crippen LogP contribution is 2.37. The molecule has 1 saturated carbocycles. The van der Waals surface area contributed by atoms with Gasteiger partial charge in [-0.05, 0) is 31.9 Å². The van der Waals surface area contributed by atoms with Gasteiger partial charge in [0, 0.05) is 24.9 Å². The maximum Gasteiger partial charge on any atom is 0.410 e. The third-order valence-corrected chi connectivity index (χ3v) is 6.34. The molecular weight excluding hydrogens is 448 g/mol. The first-order valence-corrected chi connectivity index (χ1v) is 11.3. The molecule has 0 spiro atoms. The van der Waals surface area contributed by atoms with Crippen LogP contribution in [0, 0.1) is 25.3 Å². The van der Waals surface area contributed by atoms with Crippen LogP contribution in [0.1, 0.15) is 18.4 Å². The second-order valence-electron chi connectivity index (χ2n) is 8.57. The molecule has 1 aliphatic carbocycles. The topological polar surface area (TPSA) is 87.4 Å². The number of ether oxygens (including phenoxy) is 4. The van der Waals surface area contributed by atoms with Gasteiger partial charge in [-0.25, -0.2) is 19.6 Å². The molecule has 0 N–H and O–H groups in total. The molecular formula is C23H23ClN4O5. The molecule has 172 valence electrons. The average Bonchev–Trinajstić information content (AvgIpc) is 3.61. The highest BCUT2D eigenvalue weighted by molar-refractivity contribution is 6.32. The second kappa shape index (κ2) is 9.04.